The third kappa shape index (κ3) is 4.51. The van der Waals surface area contributed by atoms with Crippen molar-refractivity contribution in [2.75, 3.05) is 25.1 Å². The van der Waals surface area contributed by atoms with Crippen molar-refractivity contribution >= 4 is 5.69 Å². The van der Waals surface area contributed by atoms with Crippen molar-refractivity contribution in [3.8, 4) is 0 Å². The molecule has 19 heavy (non-hydrogen) atoms. The van der Waals surface area contributed by atoms with Gasteiger partial charge in [0.05, 0.1) is 5.60 Å². The molecule has 3 heteroatoms. The summed E-state index contributed by atoms with van der Waals surface area (Å²) in [6, 6.07) is 8.92. The van der Waals surface area contributed by atoms with Crippen LogP contribution in [0.3, 0.4) is 0 Å². The number of rotatable bonds is 7. The molecule has 3 nitrogen and oxygen atoms in total. The van der Waals surface area contributed by atoms with E-state index in [0.717, 1.165) is 13.0 Å². The maximum atomic E-state index is 5.98. The summed E-state index contributed by atoms with van der Waals surface area (Å²) < 4.78 is 5.54. The molecular weight excluding hydrogens is 236 g/mol. The molecule has 0 aromatic heterocycles. The van der Waals surface area contributed by atoms with E-state index in [4.69, 9.17) is 10.5 Å². The first-order chi connectivity index (χ1) is 8.93. The molecule has 0 heterocycles. The molecule has 1 aromatic rings. The van der Waals surface area contributed by atoms with Gasteiger partial charge in [-0.05, 0) is 46.2 Å². The van der Waals surface area contributed by atoms with E-state index in [2.05, 4.69) is 56.9 Å². The lowest BCUT2D eigenvalue weighted by atomic mass is 9.97. The summed E-state index contributed by atoms with van der Waals surface area (Å²) in [7, 11) is 1.76. The molecule has 0 bridgehead atoms. The summed E-state index contributed by atoms with van der Waals surface area (Å²) in [5, 5.41) is 0. The van der Waals surface area contributed by atoms with Gasteiger partial charge in [-0.2, -0.15) is 0 Å². The number of aryl methyl sites for hydroxylation is 1. The third-order valence-electron chi connectivity index (χ3n) is 3.70. The normalized spacial score (nSPS) is 13.4. The fourth-order valence-corrected chi connectivity index (χ4v) is 2.36. The van der Waals surface area contributed by atoms with Crippen LogP contribution in [-0.4, -0.2) is 31.8 Å². The number of anilines is 1. The molecule has 1 aromatic carbocycles. The quantitative estimate of drug-likeness (QED) is 0.823. The van der Waals surface area contributed by atoms with Crippen molar-refractivity contribution in [2.24, 2.45) is 5.73 Å². The fourth-order valence-electron chi connectivity index (χ4n) is 2.36. The van der Waals surface area contributed by atoms with Crippen molar-refractivity contribution in [2.45, 2.75) is 45.8 Å². The zero-order chi connectivity index (χ0) is 14.5. The van der Waals surface area contributed by atoms with Gasteiger partial charge in [0.2, 0.25) is 0 Å². The summed E-state index contributed by atoms with van der Waals surface area (Å²) in [4.78, 5) is 2.36. The fraction of sp³-hybridized carbons (Fsp3) is 0.625. The van der Waals surface area contributed by atoms with Crippen LogP contribution in [-0.2, 0) is 4.74 Å². The van der Waals surface area contributed by atoms with Crippen LogP contribution in [0.25, 0.3) is 0 Å². The van der Waals surface area contributed by atoms with E-state index in [-0.39, 0.29) is 5.60 Å². The Morgan fingerprint density at radius 1 is 1.26 bits per heavy atom. The number of benzene rings is 1. The first-order valence-electron chi connectivity index (χ1n) is 7.02. The smallest absolute Gasteiger partial charge is 0.0642 e. The average molecular weight is 264 g/mol. The Balaban J connectivity index is 2.89. The molecule has 0 saturated heterocycles. The van der Waals surface area contributed by atoms with Crippen molar-refractivity contribution in [3.05, 3.63) is 29.8 Å². The van der Waals surface area contributed by atoms with Gasteiger partial charge in [-0.3, -0.25) is 0 Å². The molecule has 0 amide bonds. The maximum Gasteiger partial charge on any atom is 0.0642 e. The van der Waals surface area contributed by atoms with E-state index in [0.29, 0.717) is 12.6 Å². The molecule has 108 valence electrons. The number of ether oxygens (including phenoxy) is 1. The highest BCUT2D eigenvalue weighted by molar-refractivity contribution is 5.48. The van der Waals surface area contributed by atoms with Gasteiger partial charge in [-0.25, -0.2) is 0 Å². The maximum absolute atomic E-state index is 5.98. The number of likely N-dealkylation sites (N-methyl/N-ethyl adjacent to an activating group) is 1. The van der Waals surface area contributed by atoms with E-state index in [9.17, 15) is 0 Å². The monoisotopic (exact) mass is 264 g/mol. The Labute approximate surface area is 117 Å². The lowest BCUT2D eigenvalue weighted by Gasteiger charge is -2.37. The van der Waals surface area contributed by atoms with Gasteiger partial charge < -0.3 is 15.4 Å². The van der Waals surface area contributed by atoms with Crippen molar-refractivity contribution in [1.29, 1.82) is 0 Å². The number of nitrogens with zero attached hydrogens (tertiary/aromatic N) is 1. The van der Waals surface area contributed by atoms with E-state index < -0.39 is 0 Å². The van der Waals surface area contributed by atoms with Gasteiger partial charge in [0, 0.05) is 31.9 Å². The van der Waals surface area contributed by atoms with Crippen molar-refractivity contribution in [3.63, 3.8) is 0 Å². The SMILES string of the molecule is CCN(c1ccc(C)cc1)C(CN)CC(C)(C)OC. The molecule has 0 radical (unpaired) electrons. The van der Waals surface area contributed by atoms with Gasteiger partial charge in [-0.1, -0.05) is 17.7 Å². The van der Waals surface area contributed by atoms with Gasteiger partial charge in [0.1, 0.15) is 0 Å². The Morgan fingerprint density at radius 2 is 1.84 bits per heavy atom. The highest BCUT2D eigenvalue weighted by Gasteiger charge is 2.26. The number of nitrogens with two attached hydrogens (primary N) is 1. The molecule has 1 atom stereocenters. The number of methoxy groups -OCH3 is 1. The first-order valence-corrected chi connectivity index (χ1v) is 7.02. The van der Waals surface area contributed by atoms with Gasteiger partial charge in [-0.15, -0.1) is 0 Å². The Morgan fingerprint density at radius 3 is 2.26 bits per heavy atom. The van der Waals surface area contributed by atoms with Crippen LogP contribution in [0.15, 0.2) is 24.3 Å². The molecule has 0 aliphatic carbocycles. The van der Waals surface area contributed by atoms with Crippen LogP contribution in [0.1, 0.15) is 32.8 Å². The summed E-state index contributed by atoms with van der Waals surface area (Å²) in [6.07, 6.45) is 0.918. The lowest BCUT2D eigenvalue weighted by Crippen LogP contribution is -2.45. The molecule has 0 saturated carbocycles. The minimum Gasteiger partial charge on any atom is -0.379 e. The number of hydrogen-bond donors (Lipinski definition) is 1. The van der Waals surface area contributed by atoms with E-state index in [1.165, 1.54) is 11.3 Å². The van der Waals surface area contributed by atoms with E-state index in [1.807, 2.05) is 0 Å². The average Bonchev–Trinajstić information content (AvgIpc) is 2.40. The van der Waals surface area contributed by atoms with Crippen LogP contribution in [0.5, 0.6) is 0 Å². The molecular formula is C16H28N2O. The van der Waals surface area contributed by atoms with Crippen LogP contribution in [0, 0.1) is 6.92 Å². The molecule has 1 rings (SSSR count). The second-order valence-electron chi connectivity index (χ2n) is 5.68. The van der Waals surface area contributed by atoms with Crippen molar-refractivity contribution < 1.29 is 4.74 Å². The van der Waals surface area contributed by atoms with Gasteiger partial charge in [0.15, 0.2) is 0 Å². The molecule has 1 unspecified atom stereocenters. The standard InChI is InChI=1S/C16H28N2O/c1-6-18(14-9-7-13(2)8-10-14)15(12-17)11-16(3,4)19-5/h7-10,15H,6,11-12,17H2,1-5H3. The van der Waals surface area contributed by atoms with E-state index >= 15 is 0 Å². The largest absolute Gasteiger partial charge is 0.379 e. The van der Waals surface area contributed by atoms with Crippen molar-refractivity contribution in [1.82, 2.24) is 0 Å². The highest BCUT2D eigenvalue weighted by atomic mass is 16.5. The van der Waals surface area contributed by atoms with Gasteiger partial charge in [0.25, 0.3) is 0 Å². The van der Waals surface area contributed by atoms with Gasteiger partial charge >= 0.3 is 0 Å². The van der Waals surface area contributed by atoms with Crippen LogP contribution >= 0.6 is 0 Å². The van der Waals surface area contributed by atoms with E-state index in [1.54, 1.807) is 7.11 Å². The summed E-state index contributed by atoms with van der Waals surface area (Å²) >= 11 is 0. The minimum atomic E-state index is -0.151. The Hall–Kier alpha value is -1.06. The molecule has 0 spiro atoms. The Kier molecular flexibility index (Phi) is 5.83. The topological polar surface area (TPSA) is 38.5 Å². The van der Waals surface area contributed by atoms with Crippen LogP contribution in [0.4, 0.5) is 5.69 Å². The minimum absolute atomic E-state index is 0.151. The summed E-state index contributed by atoms with van der Waals surface area (Å²) in [5.41, 5.74) is 8.34. The predicted molar refractivity (Wildman–Crippen MR) is 82.7 cm³/mol. The second kappa shape index (κ2) is 6.92. The summed E-state index contributed by atoms with van der Waals surface area (Å²) in [5.74, 6) is 0. The predicted octanol–water partition coefficient (Wildman–Crippen LogP) is 2.96. The molecule has 0 aliphatic heterocycles. The summed E-state index contributed by atoms with van der Waals surface area (Å²) in [6.45, 7) is 10.1. The number of hydrogen-bond acceptors (Lipinski definition) is 3. The molecule has 0 fully saturated rings. The third-order valence-corrected chi connectivity index (χ3v) is 3.70. The first kappa shape index (κ1) is 16.0. The second-order valence-corrected chi connectivity index (χ2v) is 5.68. The molecule has 2 N–H and O–H groups in total. The highest BCUT2D eigenvalue weighted by Crippen LogP contribution is 2.24. The van der Waals surface area contributed by atoms with Crippen LogP contribution in [0.2, 0.25) is 0 Å². The Bertz CT molecular complexity index is 373. The molecule has 0 aliphatic rings. The zero-order valence-corrected chi connectivity index (χ0v) is 12.9. The zero-order valence-electron chi connectivity index (χ0n) is 12.9. The van der Waals surface area contributed by atoms with Crippen LogP contribution < -0.4 is 10.6 Å². The lowest BCUT2D eigenvalue weighted by molar-refractivity contribution is 0.0101.